The summed E-state index contributed by atoms with van der Waals surface area (Å²) in [7, 11) is 0. The van der Waals surface area contributed by atoms with E-state index in [1.807, 2.05) is 26.2 Å². The number of carbonyl (C=O) groups excluding carboxylic acids is 2. The average Bonchev–Trinajstić information content (AvgIpc) is 2.96. The van der Waals surface area contributed by atoms with Crippen molar-refractivity contribution in [1.29, 1.82) is 5.26 Å². The van der Waals surface area contributed by atoms with Gasteiger partial charge >= 0.3 is 0 Å². The lowest BCUT2D eigenvalue weighted by molar-refractivity contribution is -0.116. The topological polar surface area (TPSA) is 70.0 Å². The number of Topliss-reactive ketones (excluding diaryl/α,β-unsaturated/α-hetero) is 1. The van der Waals surface area contributed by atoms with E-state index in [4.69, 9.17) is 11.6 Å². The Labute approximate surface area is 156 Å². The van der Waals surface area contributed by atoms with Crippen molar-refractivity contribution in [1.82, 2.24) is 0 Å². The minimum atomic E-state index is -0.277. The molecule has 1 amide bonds. The largest absolute Gasteiger partial charge is 0.317 e. The van der Waals surface area contributed by atoms with Gasteiger partial charge in [-0.25, -0.2) is 0 Å². The first-order valence-electron chi connectivity index (χ1n) is 7.83. The Hall–Kier alpha value is -2.16. The molecule has 0 aliphatic rings. The van der Waals surface area contributed by atoms with E-state index in [0.29, 0.717) is 21.2 Å². The van der Waals surface area contributed by atoms with Crippen molar-refractivity contribution in [3.63, 3.8) is 0 Å². The molecule has 1 N–H and O–H groups in total. The van der Waals surface area contributed by atoms with Gasteiger partial charge in [0.1, 0.15) is 11.1 Å². The molecule has 2 aromatic rings. The van der Waals surface area contributed by atoms with E-state index in [2.05, 4.69) is 11.4 Å². The first kappa shape index (κ1) is 19.2. The van der Waals surface area contributed by atoms with Gasteiger partial charge in [0.15, 0.2) is 5.78 Å². The summed E-state index contributed by atoms with van der Waals surface area (Å²) >= 11 is 7.13. The van der Waals surface area contributed by atoms with Crippen LogP contribution in [0.4, 0.5) is 5.00 Å². The Morgan fingerprint density at radius 1 is 1.20 bits per heavy atom. The number of rotatable bonds is 5. The number of hydrogen-bond acceptors (Lipinski definition) is 4. The third-order valence-corrected chi connectivity index (χ3v) is 4.86. The van der Waals surface area contributed by atoms with Crippen molar-refractivity contribution >= 4 is 39.6 Å². The summed E-state index contributed by atoms with van der Waals surface area (Å²) in [4.78, 5) is 24.2. The van der Waals surface area contributed by atoms with Gasteiger partial charge in [-0.1, -0.05) is 32.4 Å². The Bertz CT molecular complexity index is 827. The molecule has 0 spiro atoms. The molecule has 0 saturated heterocycles. The van der Waals surface area contributed by atoms with Gasteiger partial charge in [-0.3, -0.25) is 9.59 Å². The predicted octanol–water partition coefficient (Wildman–Crippen LogP) is 5.17. The van der Waals surface area contributed by atoms with Crippen molar-refractivity contribution in [3.8, 4) is 6.07 Å². The van der Waals surface area contributed by atoms with Crippen LogP contribution in [-0.4, -0.2) is 11.7 Å². The summed E-state index contributed by atoms with van der Waals surface area (Å²) in [6.07, 6.45) is 0.169. The molecule has 4 nitrogen and oxygen atoms in total. The number of thiophene rings is 1. The van der Waals surface area contributed by atoms with Crippen LogP contribution in [0.3, 0.4) is 0 Å². The van der Waals surface area contributed by atoms with Crippen LogP contribution in [0.5, 0.6) is 0 Å². The highest BCUT2D eigenvalue weighted by Gasteiger charge is 2.23. The average molecular weight is 375 g/mol. The number of nitriles is 1. The summed E-state index contributed by atoms with van der Waals surface area (Å²) in [5, 5.41) is 15.1. The van der Waals surface area contributed by atoms with E-state index >= 15 is 0 Å². The molecule has 1 aromatic heterocycles. The van der Waals surface area contributed by atoms with Gasteiger partial charge in [0.05, 0.1) is 5.56 Å². The lowest BCUT2D eigenvalue weighted by Gasteiger charge is -2.17. The molecule has 1 aromatic carbocycles. The molecule has 2 rings (SSSR count). The standard InChI is InChI=1S/C19H19ClN2O2S/c1-19(2,3)15-11-25-18(14(15)10-21)22-17(24)9-8-16(23)12-4-6-13(20)7-5-12/h4-7,11H,8-9H2,1-3H3,(H,22,24). The fourth-order valence-corrected chi connectivity index (χ4v) is 3.59. The quantitative estimate of drug-likeness (QED) is 0.733. The van der Waals surface area contributed by atoms with Gasteiger partial charge in [-0.15, -0.1) is 11.3 Å². The van der Waals surface area contributed by atoms with Crippen LogP contribution in [0, 0.1) is 11.3 Å². The van der Waals surface area contributed by atoms with Gasteiger partial charge in [0.25, 0.3) is 0 Å². The van der Waals surface area contributed by atoms with Gasteiger partial charge in [-0.2, -0.15) is 5.26 Å². The van der Waals surface area contributed by atoms with Crippen LogP contribution < -0.4 is 5.32 Å². The molecule has 0 radical (unpaired) electrons. The Kier molecular flexibility index (Phi) is 5.99. The number of nitrogens with zero attached hydrogens (tertiary/aromatic N) is 1. The van der Waals surface area contributed by atoms with Gasteiger partial charge in [0.2, 0.25) is 5.91 Å². The van der Waals surface area contributed by atoms with E-state index in [-0.39, 0.29) is 29.9 Å². The fraction of sp³-hybridized carbons (Fsp3) is 0.316. The molecule has 0 aliphatic heterocycles. The maximum absolute atomic E-state index is 12.1. The zero-order valence-corrected chi connectivity index (χ0v) is 15.9. The molecule has 130 valence electrons. The number of amides is 1. The molecule has 0 fully saturated rings. The van der Waals surface area contributed by atoms with Crippen LogP contribution in [0.2, 0.25) is 5.02 Å². The minimum Gasteiger partial charge on any atom is -0.317 e. The van der Waals surface area contributed by atoms with E-state index < -0.39 is 0 Å². The van der Waals surface area contributed by atoms with Crippen LogP contribution in [0.25, 0.3) is 0 Å². The minimum absolute atomic E-state index is 0.0646. The predicted molar refractivity (Wildman–Crippen MR) is 101 cm³/mol. The maximum Gasteiger partial charge on any atom is 0.225 e. The Morgan fingerprint density at radius 2 is 1.84 bits per heavy atom. The van der Waals surface area contributed by atoms with Gasteiger partial charge < -0.3 is 5.32 Å². The second-order valence-electron chi connectivity index (χ2n) is 6.69. The van der Waals surface area contributed by atoms with Crippen molar-refractivity contribution in [3.05, 3.63) is 51.4 Å². The zero-order chi connectivity index (χ0) is 18.6. The van der Waals surface area contributed by atoms with Crippen LogP contribution in [-0.2, 0) is 10.2 Å². The van der Waals surface area contributed by atoms with E-state index in [1.165, 1.54) is 11.3 Å². The molecule has 0 saturated carbocycles. The summed E-state index contributed by atoms with van der Waals surface area (Å²) in [6, 6.07) is 8.75. The van der Waals surface area contributed by atoms with Gasteiger partial charge in [0, 0.05) is 23.4 Å². The first-order chi connectivity index (χ1) is 11.7. The van der Waals surface area contributed by atoms with Crippen molar-refractivity contribution < 1.29 is 9.59 Å². The number of anilines is 1. The highest BCUT2D eigenvalue weighted by Crippen LogP contribution is 2.35. The van der Waals surface area contributed by atoms with Gasteiger partial charge in [-0.05, 0) is 40.6 Å². The molecule has 6 heteroatoms. The number of halogens is 1. The number of hydrogen-bond donors (Lipinski definition) is 1. The highest BCUT2D eigenvalue weighted by molar-refractivity contribution is 7.14. The molecule has 0 atom stereocenters. The lowest BCUT2D eigenvalue weighted by atomic mass is 9.86. The molecular formula is C19H19ClN2O2S. The van der Waals surface area contributed by atoms with Crippen LogP contribution in [0.15, 0.2) is 29.6 Å². The maximum atomic E-state index is 12.1. The molecular weight excluding hydrogens is 356 g/mol. The second-order valence-corrected chi connectivity index (χ2v) is 8.01. The molecule has 25 heavy (non-hydrogen) atoms. The van der Waals surface area contributed by atoms with Crippen molar-refractivity contribution in [2.75, 3.05) is 5.32 Å². The monoisotopic (exact) mass is 374 g/mol. The lowest BCUT2D eigenvalue weighted by Crippen LogP contribution is -2.15. The third kappa shape index (κ3) is 4.91. The molecule has 0 aliphatic carbocycles. The molecule has 1 heterocycles. The van der Waals surface area contributed by atoms with Crippen molar-refractivity contribution in [2.45, 2.75) is 39.0 Å². The Morgan fingerprint density at radius 3 is 2.40 bits per heavy atom. The number of carbonyl (C=O) groups is 2. The molecule has 0 bridgehead atoms. The summed E-state index contributed by atoms with van der Waals surface area (Å²) in [5.74, 6) is -0.394. The zero-order valence-electron chi connectivity index (χ0n) is 14.4. The van der Waals surface area contributed by atoms with E-state index in [9.17, 15) is 14.9 Å². The summed E-state index contributed by atoms with van der Waals surface area (Å²) < 4.78 is 0. The van der Waals surface area contributed by atoms with E-state index in [0.717, 1.165) is 5.56 Å². The number of nitrogens with one attached hydrogen (secondary N) is 1. The SMILES string of the molecule is CC(C)(C)c1csc(NC(=O)CCC(=O)c2ccc(Cl)cc2)c1C#N. The fourth-order valence-electron chi connectivity index (χ4n) is 2.31. The van der Waals surface area contributed by atoms with E-state index in [1.54, 1.807) is 24.3 Å². The van der Waals surface area contributed by atoms with Crippen molar-refractivity contribution in [2.24, 2.45) is 0 Å². The first-order valence-corrected chi connectivity index (χ1v) is 9.09. The van der Waals surface area contributed by atoms with Crippen LogP contribution >= 0.6 is 22.9 Å². The van der Waals surface area contributed by atoms with Crippen LogP contribution in [0.1, 0.15) is 55.1 Å². The molecule has 0 unspecified atom stereocenters. The normalized spacial score (nSPS) is 11.0. The Balaban J connectivity index is 1.99. The smallest absolute Gasteiger partial charge is 0.225 e. The number of benzene rings is 1. The second kappa shape index (κ2) is 7.81. The summed E-state index contributed by atoms with van der Waals surface area (Å²) in [6.45, 7) is 6.06. The number of ketones is 1. The highest BCUT2D eigenvalue weighted by atomic mass is 35.5. The summed E-state index contributed by atoms with van der Waals surface area (Å²) in [5.41, 5.74) is 1.76. The third-order valence-electron chi connectivity index (χ3n) is 3.71.